The zero-order chi connectivity index (χ0) is 22.9. The van der Waals surface area contributed by atoms with Crippen molar-refractivity contribution in [3.05, 3.63) is 96.1 Å². The average molecular weight is 452 g/mol. The van der Waals surface area contributed by atoms with E-state index in [-0.39, 0.29) is 23.8 Å². The topological polar surface area (TPSA) is 67.4 Å². The SMILES string of the molecule is COC(=O)[C@H](CC(C)C)N[P+](=O)C(NC(c1ccccc1)c1ccccc1)C1C=CC=C1. The van der Waals surface area contributed by atoms with Crippen molar-refractivity contribution >= 4 is 13.9 Å². The van der Waals surface area contributed by atoms with Gasteiger partial charge in [0.2, 0.25) is 5.78 Å². The molecule has 3 atom stereocenters. The van der Waals surface area contributed by atoms with Crippen LogP contribution in [-0.4, -0.2) is 24.9 Å². The van der Waals surface area contributed by atoms with E-state index in [2.05, 4.69) is 34.7 Å². The molecule has 1 aliphatic carbocycles. The van der Waals surface area contributed by atoms with Crippen LogP contribution in [0.15, 0.2) is 85.0 Å². The summed E-state index contributed by atoms with van der Waals surface area (Å²) in [5, 5.41) is 6.73. The smallest absolute Gasteiger partial charge is 0.452 e. The fraction of sp³-hybridized carbons (Fsp3) is 0.346. The number of carbonyl (C=O) groups excluding carboxylic acids is 1. The van der Waals surface area contributed by atoms with Gasteiger partial charge in [-0.3, -0.25) is 10.1 Å². The highest BCUT2D eigenvalue weighted by molar-refractivity contribution is 7.43. The Kier molecular flexibility index (Phi) is 8.92. The van der Waals surface area contributed by atoms with Gasteiger partial charge in [-0.05, 0) is 28.0 Å². The maximum atomic E-state index is 13.6. The fourth-order valence-corrected chi connectivity index (χ4v) is 5.37. The van der Waals surface area contributed by atoms with Crippen LogP contribution in [0.4, 0.5) is 0 Å². The molecule has 168 valence electrons. The normalized spacial score (nSPS) is 15.8. The molecule has 2 aromatic carbocycles. The molecule has 1 aliphatic rings. The third-order valence-corrected chi connectivity index (χ3v) is 7.04. The Morgan fingerprint density at radius 3 is 1.97 bits per heavy atom. The Bertz CT molecular complexity index is 893. The second-order valence-electron chi connectivity index (χ2n) is 8.37. The molecule has 0 saturated carbocycles. The minimum Gasteiger partial charge on any atom is -0.468 e. The first-order valence-electron chi connectivity index (χ1n) is 11.0. The van der Waals surface area contributed by atoms with Gasteiger partial charge in [0.05, 0.1) is 19.1 Å². The van der Waals surface area contributed by atoms with E-state index in [9.17, 15) is 9.36 Å². The lowest BCUT2D eigenvalue weighted by Crippen LogP contribution is -2.41. The fourth-order valence-electron chi connectivity index (χ4n) is 3.89. The number of nitrogens with one attached hydrogen (secondary N) is 2. The summed E-state index contributed by atoms with van der Waals surface area (Å²) < 4.78 is 18.6. The molecular formula is C26H32N2O3P+. The molecule has 32 heavy (non-hydrogen) atoms. The zero-order valence-electron chi connectivity index (χ0n) is 18.8. The van der Waals surface area contributed by atoms with E-state index in [4.69, 9.17) is 4.74 Å². The van der Waals surface area contributed by atoms with Gasteiger partial charge in [0, 0.05) is 0 Å². The zero-order valence-corrected chi connectivity index (χ0v) is 19.7. The van der Waals surface area contributed by atoms with Gasteiger partial charge >= 0.3 is 13.9 Å². The molecule has 0 spiro atoms. The second-order valence-corrected chi connectivity index (χ2v) is 9.84. The van der Waals surface area contributed by atoms with Crippen molar-refractivity contribution in [2.24, 2.45) is 11.8 Å². The Morgan fingerprint density at radius 2 is 1.50 bits per heavy atom. The van der Waals surface area contributed by atoms with Gasteiger partial charge in [-0.15, -0.1) is 0 Å². The number of allylic oxidation sites excluding steroid dienone is 2. The molecule has 0 bridgehead atoms. The lowest BCUT2D eigenvalue weighted by molar-refractivity contribution is -0.143. The van der Waals surface area contributed by atoms with Gasteiger partial charge in [-0.1, -0.05) is 104 Å². The van der Waals surface area contributed by atoms with E-state index in [1.165, 1.54) is 7.11 Å². The van der Waals surface area contributed by atoms with Crippen molar-refractivity contribution in [3.8, 4) is 0 Å². The molecule has 0 aromatic heterocycles. The summed E-state index contributed by atoms with van der Waals surface area (Å²) in [7, 11) is -0.626. The van der Waals surface area contributed by atoms with Crippen molar-refractivity contribution in [1.82, 2.24) is 10.4 Å². The number of methoxy groups -OCH3 is 1. The Hall–Kier alpha value is -2.59. The molecule has 0 fully saturated rings. The van der Waals surface area contributed by atoms with Crippen LogP contribution < -0.4 is 10.4 Å². The summed E-state index contributed by atoms with van der Waals surface area (Å²) in [5.41, 5.74) is 2.18. The predicted molar refractivity (Wildman–Crippen MR) is 129 cm³/mol. The summed E-state index contributed by atoms with van der Waals surface area (Å²) in [6.07, 6.45) is 8.56. The van der Waals surface area contributed by atoms with E-state index in [1.807, 2.05) is 74.5 Å². The third kappa shape index (κ3) is 6.46. The Morgan fingerprint density at radius 1 is 0.969 bits per heavy atom. The summed E-state index contributed by atoms with van der Waals surface area (Å²) in [6, 6.07) is 19.5. The molecule has 3 rings (SSSR count). The van der Waals surface area contributed by atoms with Crippen LogP contribution in [0.2, 0.25) is 0 Å². The van der Waals surface area contributed by atoms with Crippen LogP contribution in [0.1, 0.15) is 37.4 Å². The maximum Gasteiger partial charge on any atom is 0.452 e. The van der Waals surface area contributed by atoms with E-state index in [0.717, 1.165) is 11.1 Å². The van der Waals surface area contributed by atoms with Gasteiger partial charge in [-0.25, -0.2) is 0 Å². The number of rotatable bonds is 11. The molecule has 2 aromatic rings. The highest BCUT2D eigenvalue weighted by Gasteiger charge is 2.42. The van der Waals surface area contributed by atoms with E-state index < -0.39 is 19.8 Å². The molecule has 5 nitrogen and oxygen atoms in total. The quantitative estimate of drug-likeness (QED) is 0.356. The summed E-state index contributed by atoms with van der Waals surface area (Å²) in [6.45, 7) is 4.06. The standard InChI is InChI=1S/C26H32N2O3P/c1-19(2)18-23(26(29)31-3)28-32(30)25(22-16-10-11-17-22)27-24(20-12-6-4-7-13-20)21-14-8-5-9-15-21/h4-17,19,22-25,27H,18H2,1-3H3,(H,28,30)/q+1/t23-,25?/m0/s1. The molecule has 0 aliphatic heterocycles. The van der Waals surface area contributed by atoms with Crippen LogP contribution >= 0.6 is 7.95 Å². The van der Waals surface area contributed by atoms with Gasteiger partial charge in [-0.2, -0.15) is 0 Å². The van der Waals surface area contributed by atoms with E-state index >= 15 is 0 Å². The molecular weight excluding hydrogens is 419 g/mol. The van der Waals surface area contributed by atoms with Gasteiger partial charge in [0.1, 0.15) is 6.04 Å². The van der Waals surface area contributed by atoms with E-state index in [0.29, 0.717) is 6.42 Å². The molecule has 2 unspecified atom stereocenters. The minimum atomic E-state index is -1.99. The predicted octanol–water partition coefficient (Wildman–Crippen LogP) is 5.35. The second kappa shape index (κ2) is 11.9. The first-order chi connectivity index (χ1) is 15.5. The molecule has 0 heterocycles. The first-order valence-corrected chi connectivity index (χ1v) is 12.3. The highest BCUT2D eigenvalue weighted by Crippen LogP contribution is 2.36. The van der Waals surface area contributed by atoms with Crippen LogP contribution in [0.25, 0.3) is 0 Å². The van der Waals surface area contributed by atoms with Crippen LogP contribution in [0.3, 0.4) is 0 Å². The van der Waals surface area contributed by atoms with Crippen molar-refractivity contribution in [1.29, 1.82) is 0 Å². The van der Waals surface area contributed by atoms with Gasteiger partial charge in [0.15, 0.2) is 0 Å². The molecule has 0 amide bonds. The number of esters is 1. The number of ether oxygens (including phenoxy) is 1. The summed E-state index contributed by atoms with van der Waals surface area (Å²) in [5.74, 6) is -0.599. The lowest BCUT2D eigenvalue weighted by atomic mass is 9.98. The maximum absolute atomic E-state index is 13.6. The largest absolute Gasteiger partial charge is 0.468 e. The molecule has 0 saturated heterocycles. The van der Waals surface area contributed by atoms with E-state index in [1.54, 1.807) is 0 Å². The van der Waals surface area contributed by atoms with Crippen molar-refractivity contribution in [2.75, 3.05) is 7.11 Å². The lowest BCUT2D eigenvalue weighted by Gasteiger charge is -2.24. The summed E-state index contributed by atoms with van der Waals surface area (Å²) >= 11 is 0. The average Bonchev–Trinajstić information content (AvgIpc) is 3.34. The molecule has 2 N–H and O–H groups in total. The first kappa shape index (κ1) is 24.1. The van der Waals surface area contributed by atoms with Gasteiger partial charge < -0.3 is 4.74 Å². The van der Waals surface area contributed by atoms with Crippen molar-refractivity contribution in [3.63, 3.8) is 0 Å². The molecule has 6 heteroatoms. The highest BCUT2D eigenvalue weighted by atomic mass is 31.1. The van der Waals surface area contributed by atoms with Crippen LogP contribution in [-0.2, 0) is 14.1 Å². The van der Waals surface area contributed by atoms with Crippen LogP contribution in [0, 0.1) is 11.8 Å². The van der Waals surface area contributed by atoms with Crippen LogP contribution in [0.5, 0.6) is 0 Å². The van der Waals surface area contributed by atoms with Crippen molar-refractivity contribution in [2.45, 2.75) is 38.1 Å². The number of benzene rings is 2. The minimum absolute atomic E-state index is 0.0571. The number of hydrogen-bond acceptors (Lipinski definition) is 4. The Balaban J connectivity index is 1.90. The molecule has 0 radical (unpaired) electrons. The number of carbonyl (C=O) groups is 1. The monoisotopic (exact) mass is 451 g/mol. The number of hydrogen-bond donors (Lipinski definition) is 2. The Labute approximate surface area is 191 Å². The third-order valence-electron chi connectivity index (χ3n) is 5.47. The summed E-state index contributed by atoms with van der Waals surface area (Å²) in [4.78, 5) is 12.3. The van der Waals surface area contributed by atoms with Crippen molar-refractivity contribution < 1.29 is 14.1 Å². The van der Waals surface area contributed by atoms with Gasteiger partial charge in [0.25, 0.3) is 0 Å².